The van der Waals surface area contributed by atoms with E-state index < -0.39 is 0 Å². The third-order valence-electron chi connectivity index (χ3n) is 5.96. The van der Waals surface area contributed by atoms with E-state index in [0.717, 1.165) is 50.7 Å². The van der Waals surface area contributed by atoms with Crippen LogP contribution in [0.15, 0.2) is 4.99 Å². The molecule has 0 saturated carbocycles. The summed E-state index contributed by atoms with van der Waals surface area (Å²) >= 11 is 0. The van der Waals surface area contributed by atoms with Gasteiger partial charge in [0.15, 0.2) is 5.96 Å². The van der Waals surface area contributed by atoms with E-state index in [1.807, 2.05) is 0 Å². The minimum atomic E-state index is 0. The highest BCUT2D eigenvalue weighted by Crippen LogP contribution is 2.15. The van der Waals surface area contributed by atoms with Crippen molar-refractivity contribution in [3.63, 3.8) is 0 Å². The zero-order valence-electron chi connectivity index (χ0n) is 18.5. The first-order valence-corrected chi connectivity index (χ1v) is 11.4. The second-order valence-electron chi connectivity index (χ2n) is 8.41. The summed E-state index contributed by atoms with van der Waals surface area (Å²) in [5.41, 5.74) is 0. The summed E-state index contributed by atoms with van der Waals surface area (Å²) in [4.78, 5) is 7.37. The fourth-order valence-electron chi connectivity index (χ4n) is 4.23. The number of hydrogen-bond donors (Lipinski definition) is 2. The molecule has 0 aromatic carbocycles. The molecule has 7 nitrogen and oxygen atoms in total. The fraction of sp³-hybridized carbons (Fsp3) is 0.857. The van der Waals surface area contributed by atoms with Gasteiger partial charge in [-0.25, -0.2) is 0 Å². The Morgan fingerprint density at radius 1 is 1.14 bits per heavy atom. The van der Waals surface area contributed by atoms with Crippen LogP contribution in [0.1, 0.15) is 70.9 Å². The molecular weight excluding hydrogens is 477 g/mol. The van der Waals surface area contributed by atoms with Crippen LogP contribution in [0.5, 0.6) is 0 Å². The average molecular weight is 518 g/mol. The van der Waals surface area contributed by atoms with Gasteiger partial charge in [0, 0.05) is 57.6 Å². The summed E-state index contributed by atoms with van der Waals surface area (Å²) in [5, 5.41) is 15.9. The molecule has 3 rings (SSSR count). The highest BCUT2D eigenvalue weighted by atomic mass is 127. The van der Waals surface area contributed by atoms with Gasteiger partial charge in [0.05, 0.1) is 0 Å². The average Bonchev–Trinajstić information content (AvgIpc) is 2.92. The number of likely N-dealkylation sites (tertiary alicyclic amines) is 1. The first-order valence-electron chi connectivity index (χ1n) is 11.4. The summed E-state index contributed by atoms with van der Waals surface area (Å²) in [5.74, 6) is 3.29. The number of hydrogen-bond acceptors (Lipinski definition) is 4. The molecule has 0 unspecified atom stereocenters. The van der Waals surface area contributed by atoms with Crippen molar-refractivity contribution in [1.29, 1.82) is 0 Å². The quantitative estimate of drug-likeness (QED) is 0.252. The number of guanidine groups is 1. The minimum Gasteiger partial charge on any atom is -0.357 e. The van der Waals surface area contributed by atoms with Gasteiger partial charge in [0.25, 0.3) is 0 Å². The van der Waals surface area contributed by atoms with Gasteiger partial charge in [-0.1, -0.05) is 6.42 Å². The van der Waals surface area contributed by atoms with Crippen LogP contribution < -0.4 is 10.6 Å². The molecule has 1 saturated heterocycles. The predicted octanol–water partition coefficient (Wildman–Crippen LogP) is 2.98. The van der Waals surface area contributed by atoms with Crippen molar-refractivity contribution in [2.75, 3.05) is 26.2 Å². The Hall–Kier alpha value is -0.900. The van der Waals surface area contributed by atoms with Gasteiger partial charge >= 0.3 is 0 Å². The van der Waals surface area contributed by atoms with Crippen LogP contribution in [0, 0.1) is 0 Å². The Morgan fingerprint density at radius 2 is 1.93 bits per heavy atom. The highest BCUT2D eigenvalue weighted by Gasteiger charge is 2.21. The van der Waals surface area contributed by atoms with Gasteiger partial charge in [-0.2, -0.15) is 0 Å². The molecule has 2 aliphatic heterocycles. The van der Waals surface area contributed by atoms with E-state index in [-0.39, 0.29) is 24.0 Å². The van der Waals surface area contributed by atoms with Crippen molar-refractivity contribution < 1.29 is 0 Å². The standard InChI is InChI=1S/C21H39N7.HI/c1-4-22-21(24-18-11-15-27(16-12-18)17(2)3)23-13-8-10-20-26-25-19-9-6-5-7-14-28(19)20;/h17-18H,4-16H2,1-3H3,(H2,22,23,24);1H. The summed E-state index contributed by atoms with van der Waals surface area (Å²) in [6.45, 7) is 11.8. The molecular formula is C21H40IN7. The van der Waals surface area contributed by atoms with E-state index in [1.165, 1.54) is 51.0 Å². The molecule has 166 valence electrons. The second kappa shape index (κ2) is 12.7. The lowest BCUT2D eigenvalue weighted by molar-refractivity contribution is 0.167. The summed E-state index contributed by atoms with van der Waals surface area (Å²) < 4.78 is 2.35. The van der Waals surface area contributed by atoms with Crippen LogP contribution in [0.25, 0.3) is 0 Å². The topological polar surface area (TPSA) is 70.4 Å². The summed E-state index contributed by atoms with van der Waals surface area (Å²) in [7, 11) is 0. The van der Waals surface area contributed by atoms with Crippen molar-refractivity contribution in [3.8, 4) is 0 Å². The molecule has 3 heterocycles. The first-order chi connectivity index (χ1) is 13.7. The van der Waals surface area contributed by atoms with Crippen LogP contribution in [0.3, 0.4) is 0 Å². The number of rotatable bonds is 7. The Labute approximate surface area is 193 Å². The molecule has 0 aliphatic carbocycles. The predicted molar refractivity (Wildman–Crippen MR) is 130 cm³/mol. The molecule has 0 radical (unpaired) electrons. The molecule has 8 heteroatoms. The smallest absolute Gasteiger partial charge is 0.191 e. The lowest BCUT2D eigenvalue weighted by Crippen LogP contribution is -2.49. The fourth-order valence-corrected chi connectivity index (χ4v) is 4.23. The zero-order valence-corrected chi connectivity index (χ0v) is 20.8. The maximum Gasteiger partial charge on any atom is 0.191 e. The van der Waals surface area contributed by atoms with Crippen LogP contribution in [0.4, 0.5) is 0 Å². The van der Waals surface area contributed by atoms with E-state index in [4.69, 9.17) is 4.99 Å². The van der Waals surface area contributed by atoms with Crippen molar-refractivity contribution in [2.24, 2.45) is 4.99 Å². The molecule has 0 amide bonds. The van der Waals surface area contributed by atoms with Gasteiger partial charge in [-0.15, -0.1) is 34.2 Å². The molecule has 2 aliphatic rings. The lowest BCUT2D eigenvalue weighted by Gasteiger charge is -2.35. The number of aliphatic imine (C=N–C) groups is 1. The van der Waals surface area contributed by atoms with E-state index in [1.54, 1.807) is 0 Å². The number of piperidine rings is 1. The molecule has 29 heavy (non-hydrogen) atoms. The molecule has 1 fully saturated rings. The molecule has 0 spiro atoms. The van der Waals surface area contributed by atoms with Crippen LogP contribution in [-0.4, -0.2) is 63.9 Å². The van der Waals surface area contributed by atoms with Crippen molar-refractivity contribution >= 4 is 29.9 Å². The number of aryl methyl sites for hydroxylation is 2. The van der Waals surface area contributed by atoms with E-state index in [2.05, 4.69) is 51.1 Å². The summed E-state index contributed by atoms with van der Waals surface area (Å²) in [6, 6.07) is 1.18. The second-order valence-corrected chi connectivity index (χ2v) is 8.41. The Balaban J connectivity index is 0.00000300. The normalized spacial score (nSPS) is 18.8. The van der Waals surface area contributed by atoms with Crippen LogP contribution in [0.2, 0.25) is 0 Å². The molecule has 2 N–H and O–H groups in total. The monoisotopic (exact) mass is 517 g/mol. The molecule has 0 bridgehead atoms. The minimum absolute atomic E-state index is 0. The van der Waals surface area contributed by atoms with E-state index in [0.29, 0.717) is 12.1 Å². The highest BCUT2D eigenvalue weighted by molar-refractivity contribution is 14.0. The Morgan fingerprint density at radius 3 is 2.66 bits per heavy atom. The first kappa shape index (κ1) is 24.4. The molecule has 1 aromatic rings. The van der Waals surface area contributed by atoms with Crippen LogP contribution >= 0.6 is 24.0 Å². The van der Waals surface area contributed by atoms with Gasteiger partial charge in [-0.3, -0.25) is 4.99 Å². The third-order valence-corrected chi connectivity index (χ3v) is 5.96. The SMILES string of the molecule is CCNC(=NCCCc1nnc2n1CCCCC2)NC1CCN(C(C)C)CC1.I. The molecule has 1 aromatic heterocycles. The van der Waals surface area contributed by atoms with Crippen molar-refractivity contribution in [1.82, 2.24) is 30.3 Å². The zero-order chi connectivity index (χ0) is 19.8. The van der Waals surface area contributed by atoms with Gasteiger partial charge < -0.3 is 20.1 Å². The Kier molecular flexibility index (Phi) is 10.7. The number of nitrogens with one attached hydrogen (secondary N) is 2. The van der Waals surface area contributed by atoms with E-state index >= 15 is 0 Å². The summed E-state index contributed by atoms with van der Waals surface area (Å²) in [6.07, 6.45) is 9.23. The third kappa shape index (κ3) is 7.38. The number of nitrogens with zero attached hydrogens (tertiary/aromatic N) is 5. The van der Waals surface area contributed by atoms with Gasteiger partial charge in [0.1, 0.15) is 11.6 Å². The Bertz CT molecular complexity index is 621. The number of halogens is 1. The number of aromatic nitrogens is 3. The number of fused-ring (bicyclic) bond motifs is 1. The maximum absolute atomic E-state index is 4.82. The van der Waals surface area contributed by atoms with E-state index in [9.17, 15) is 0 Å². The molecule has 0 atom stereocenters. The van der Waals surface area contributed by atoms with Crippen LogP contribution in [-0.2, 0) is 19.4 Å². The van der Waals surface area contributed by atoms with Crippen molar-refractivity contribution in [3.05, 3.63) is 11.6 Å². The van der Waals surface area contributed by atoms with Gasteiger partial charge in [-0.05, 0) is 52.9 Å². The largest absolute Gasteiger partial charge is 0.357 e. The van der Waals surface area contributed by atoms with Crippen molar-refractivity contribution in [2.45, 2.75) is 90.8 Å². The lowest BCUT2D eigenvalue weighted by atomic mass is 10.0. The van der Waals surface area contributed by atoms with Gasteiger partial charge in [0.2, 0.25) is 0 Å². The maximum atomic E-state index is 4.82.